The van der Waals surface area contributed by atoms with Gasteiger partial charge in [0.05, 0.1) is 15.9 Å². The summed E-state index contributed by atoms with van der Waals surface area (Å²) in [5.74, 6) is -0.0666. The van der Waals surface area contributed by atoms with Gasteiger partial charge >= 0.3 is 11.7 Å². The molecule has 2 aromatic heterocycles. The minimum absolute atomic E-state index is 0.00231. The first-order chi connectivity index (χ1) is 16.3. The first-order valence-corrected chi connectivity index (χ1v) is 11.2. The number of hydrogen-bond acceptors (Lipinski definition) is 8. The molecule has 4 rings (SSSR count). The molecule has 0 spiro atoms. The Balaban J connectivity index is 1.57. The zero-order valence-corrected chi connectivity index (χ0v) is 19.4. The second-order valence-corrected chi connectivity index (χ2v) is 8.75. The number of fused-ring (bicyclic) bond motifs is 1. The van der Waals surface area contributed by atoms with Gasteiger partial charge in [-0.15, -0.1) is 11.3 Å². The van der Waals surface area contributed by atoms with Crippen molar-refractivity contribution in [2.45, 2.75) is 33.3 Å². The Bertz CT molecular complexity index is 1440. The summed E-state index contributed by atoms with van der Waals surface area (Å²) >= 11 is 1.41. The highest BCUT2D eigenvalue weighted by atomic mass is 32.1. The van der Waals surface area contributed by atoms with Gasteiger partial charge in [-0.1, -0.05) is 6.92 Å². The van der Waals surface area contributed by atoms with Crippen LogP contribution in [0, 0.1) is 11.8 Å². The SMILES string of the molecule is CCc1cc2c(=O)c(-c3ncc(C)s3)coc2cc1OC(C)C(=O)Oc1ccc([N+](=O)O)cc1. The Morgan fingerprint density at radius 2 is 2.00 bits per heavy atom. The van der Waals surface area contributed by atoms with Gasteiger partial charge in [0.15, 0.2) is 6.10 Å². The minimum Gasteiger partial charge on any atom is -0.479 e. The highest BCUT2D eigenvalue weighted by Gasteiger charge is 2.21. The molecule has 10 heteroatoms. The average molecular weight is 482 g/mol. The molecule has 1 atom stereocenters. The summed E-state index contributed by atoms with van der Waals surface area (Å²) in [5.41, 5.74) is 1.27. The first kappa shape index (κ1) is 23.1. The van der Waals surface area contributed by atoms with Crippen LogP contribution in [0.1, 0.15) is 24.3 Å². The van der Waals surface area contributed by atoms with E-state index in [2.05, 4.69) is 4.98 Å². The lowest BCUT2D eigenvalue weighted by molar-refractivity contribution is -0.729. The first-order valence-electron chi connectivity index (χ1n) is 10.4. The highest BCUT2D eigenvalue weighted by Crippen LogP contribution is 2.29. The van der Waals surface area contributed by atoms with Gasteiger partial charge in [-0.25, -0.2) is 15.0 Å². The molecular formula is C24H21N2O7S+. The summed E-state index contributed by atoms with van der Waals surface area (Å²) in [5, 5.41) is 9.88. The Morgan fingerprint density at radius 1 is 1.26 bits per heavy atom. The van der Waals surface area contributed by atoms with Gasteiger partial charge in [0.2, 0.25) is 5.43 Å². The minimum atomic E-state index is -0.972. The second kappa shape index (κ2) is 9.44. The highest BCUT2D eigenvalue weighted by molar-refractivity contribution is 7.14. The number of rotatable bonds is 7. The van der Waals surface area contributed by atoms with Crippen molar-refractivity contribution in [1.29, 1.82) is 0 Å². The van der Waals surface area contributed by atoms with Crippen LogP contribution in [0.25, 0.3) is 21.5 Å². The fraction of sp³-hybridized carbons (Fsp3) is 0.208. The van der Waals surface area contributed by atoms with Gasteiger partial charge in [0, 0.05) is 29.3 Å². The maximum Gasteiger partial charge on any atom is 0.352 e. The Hall–Kier alpha value is -4.05. The van der Waals surface area contributed by atoms with Gasteiger partial charge in [-0.3, -0.25) is 4.79 Å². The maximum atomic E-state index is 13.1. The smallest absolute Gasteiger partial charge is 0.352 e. The maximum absolute atomic E-state index is 13.1. The Labute approximate surface area is 197 Å². The fourth-order valence-electron chi connectivity index (χ4n) is 3.29. The number of ether oxygens (including phenoxy) is 2. The predicted octanol–water partition coefficient (Wildman–Crippen LogP) is 4.96. The van der Waals surface area contributed by atoms with E-state index in [0.29, 0.717) is 33.7 Å². The molecule has 0 radical (unpaired) electrons. The van der Waals surface area contributed by atoms with Gasteiger partial charge < -0.3 is 13.9 Å². The van der Waals surface area contributed by atoms with Crippen LogP contribution in [-0.2, 0) is 11.2 Å². The van der Waals surface area contributed by atoms with Crippen LogP contribution in [0.15, 0.2) is 58.1 Å². The standard InChI is InChI=1S/C24H21N2O7S/c1-4-15-9-18-21(31-12-19(22(18)27)23-25-11-13(2)34-23)10-20(15)32-14(3)24(28)33-17-7-5-16(6-8-17)26(29)30/h5-12,14H,4H2,1-3H3,(H,29,30)/q+1. The van der Waals surface area contributed by atoms with Gasteiger partial charge in [-0.05, 0) is 44.0 Å². The number of carbonyl (C=O) groups excluding carboxylic acids is 1. The molecule has 0 bridgehead atoms. The van der Waals surface area contributed by atoms with Crippen molar-refractivity contribution in [1.82, 2.24) is 4.98 Å². The number of benzene rings is 2. The Morgan fingerprint density at radius 3 is 2.62 bits per heavy atom. The zero-order chi connectivity index (χ0) is 24.4. The van der Waals surface area contributed by atoms with E-state index in [1.54, 1.807) is 18.3 Å². The fourth-order valence-corrected chi connectivity index (χ4v) is 4.06. The van der Waals surface area contributed by atoms with Crippen LogP contribution in [0.3, 0.4) is 0 Å². The lowest BCUT2D eigenvalue weighted by Gasteiger charge is -2.16. The van der Waals surface area contributed by atoms with E-state index in [1.165, 1.54) is 48.8 Å². The largest absolute Gasteiger partial charge is 0.479 e. The van der Waals surface area contributed by atoms with E-state index in [-0.39, 0.29) is 21.8 Å². The summed E-state index contributed by atoms with van der Waals surface area (Å²) in [6, 6.07) is 8.68. The van der Waals surface area contributed by atoms with E-state index < -0.39 is 12.1 Å². The third-order valence-electron chi connectivity index (χ3n) is 5.10. The van der Waals surface area contributed by atoms with Gasteiger partial charge in [0.1, 0.15) is 28.4 Å². The molecule has 34 heavy (non-hydrogen) atoms. The third kappa shape index (κ3) is 4.67. The molecule has 0 amide bonds. The summed E-state index contributed by atoms with van der Waals surface area (Å²) in [4.78, 5) is 41.4. The third-order valence-corrected chi connectivity index (χ3v) is 6.05. The normalized spacial score (nSPS) is 11.9. The molecule has 1 unspecified atom stereocenters. The molecule has 2 heterocycles. The number of aryl methyl sites for hydroxylation is 2. The number of thiazole rings is 1. The topological polar surface area (TPSA) is 119 Å². The van der Waals surface area contributed by atoms with Gasteiger partial charge in [-0.2, -0.15) is 0 Å². The van der Waals surface area contributed by atoms with Crippen LogP contribution in [-0.4, -0.2) is 27.2 Å². The van der Waals surface area contributed by atoms with Crippen molar-refractivity contribution in [2.24, 2.45) is 0 Å². The molecule has 0 saturated carbocycles. The summed E-state index contributed by atoms with van der Waals surface area (Å²) in [6.07, 6.45) is 2.68. The summed E-state index contributed by atoms with van der Waals surface area (Å²) in [7, 11) is 0. The Kier molecular flexibility index (Phi) is 6.42. The lowest BCUT2D eigenvalue weighted by atomic mass is 10.1. The number of aromatic nitrogens is 1. The molecule has 0 fully saturated rings. The van der Waals surface area contributed by atoms with Gasteiger partial charge in [0.25, 0.3) is 4.92 Å². The second-order valence-electron chi connectivity index (χ2n) is 7.51. The average Bonchev–Trinajstić information content (AvgIpc) is 3.25. The number of esters is 1. The number of carbonyl (C=O) groups is 1. The van der Waals surface area contributed by atoms with Crippen molar-refractivity contribution in [3.63, 3.8) is 0 Å². The van der Waals surface area contributed by atoms with E-state index in [9.17, 15) is 14.5 Å². The predicted molar refractivity (Wildman–Crippen MR) is 125 cm³/mol. The van der Waals surface area contributed by atoms with Crippen molar-refractivity contribution >= 4 is 34.0 Å². The van der Waals surface area contributed by atoms with Crippen LogP contribution in [0.5, 0.6) is 11.5 Å². The van der Waals surface area contributed by atoms with E-state index >= 15 is 0 Å². The van der Waals surface area contributed by atoms with E-state index in [1.807, 2.05) is 13.8 Å². The molecule has 174 valence electrons. The quantitative estimate of drug-likeness (QED) is 0.223. The van der Waals surface area contributed by atoms with Crippen molar-refractivity contribution in [2.75, 3.05) is 0 Å². The number of hydrogen-bond donors (Lipinski definition) is 1. The van der Waals surface area contributed by atoms with Crippen molar-refractivity contribution in [3.05, 3.63) is 74.4 Å². The molecule has 2 aromatic carbocycles. The van der Waals surface area contributed by atoms with Crippen LogP contribution >= 0.6 is 11.3 Å². The summed E-state index contributed by atoms with van der Waals surface area (Å²) in [6.45, 7) is 5.37. The number of nitrogens with zero attached hydrogens (tertiary/aromatic N) is 2. The monoisotopic (exact) mass is 481 g/mol. The van der Waals surface area contributed by atoms with Crippen molar-refractivity contribution < 1.29 is 28.8 Å². The molecule has 9 nitrogen and oxygen atoms in total. The van der Waals surface area contributed by atoms with E-state index in [0.717, 1.165) is 10.4 Å². The molecule has 0 aliphatic heterocycles. The molecule has 0 saturated heterocycles. The van der Waals surface area contributed by atoms with Crippen LogP contribution < -0.4 is 14.9 Å². The van der Waals surface area contributed by atoms with Crippen LogP contribution in [0.2, 0.25) is 0 Å². The van der Waals surface area contributed by atoms with E-state index in [4.69, 9.17) is 19.1 Å². The molecular weight excluding hydrogens is 460 g/mol. The molecule has 0 aliphatic rings. The summed E-state index contributed by atoms with van der Waals surface area (Å²) < 4.78 is 16.9. The molecule has 1 N–H and O–H groups in total. The lowest BCUT2D eigenvalue weighted by Crippen LogP contribution is -2.28. The van der Waals surface area contributed by atoms with Crippen LogP contribution in [0.4, 0.5) is 5.69 Å². The molecule has 0 aliphatic carbocycles. The zero-order valence-electron chi connectivity index (χ0n) is 18.6. The van der Waals surface area contributed by atoms with Crippen molar-refractivity contribution in [3.8, 4) is 22.1 Å². The molecule has 4 aromatic rings.